The predicted octanol–water partition coefficient (Wildman–Crippen LogP) is 3.68. The van der Waals surface area contributed by atoms with Crippen LogP contribution in [0.4, 0.5) is 4.39 Å². The molecule has 2 atom stereocenters. The van der Waals surface area contributed by atoms with Crippen LogP contribution in [0.5, 0.6) is 0 Å². The number of hydrogen-bond acceptors (Lipinski definition) is 2. The Labute approximate surface area is 147 Å². The zero-order valence-electron chi connectivity index (χ0n) is 14.8. The van der Waals surface area contributed by atoms with Gasteiger partial charge in [0.25, 0.3) is 0 Å². The normalized spacial score (nSPS) is 24.7. The van der Waals surface area contributed by atoms with Crippen molar-refractivity contribution >= 4 is 5.91 Å². The van der Waals surface area contributed by atoms with Crippen molar-refractivity contribution in [3.8, 4) is 5.69 Å². The second kappa shape index (κ2) is 6.28. The van der Waals surface area contributed by atoms with Gasteiger partial charge in [-0.25, -0.2) is 9.07 Å². The molecule has 1 amide bonds. The van der Waals surface area contributed by atoms with Gasteiger partial charge >= 0.3 is 0 Å². The van der Waals surface area contributed by atoms with Gasteiger partial charge < -0.3 is 5.32 Å². The number of carbonyl (C=O) groups is 1. The number of hydrogen-bond donors (Lipinski definition) is 1. The molecule has 2 aliphatic carbocycles. The lowest BCUT2D eigenvalue weighted by molar-refractivity contribution is -0.123. The van der Waals surface area contributed by atoms with E-state index in [4.69, 9.17) is 0 Å². The molecule has 1 aromatic heterocycles. The highest BCUT2D eigenvalue weighted by molar-refractivity contribution is 5.82. The Morgan fingerprint density at radius 1 is 1.20 bits per heavy atom. The van der Waals surface area contributed by atoms with Crippen LogP contribution < -0.4 is 5.32 Å². The van der Waals surface area contributed by atoms with Crippen LogP contribution in [-0.2, 0) is 11.3 Å². The zero-order valence-corrected chi connectivity index (χ0v) is 14.8. The third-order valence-electron chi connectivity index (χ3n) is 5.91. The van der Waals surface area contributed by atoms with Gasteiger partial charge in [0.05, 0.1) is 11.4 Å². The molecule has 0 unspecified atom stereocenters. The van der Waals surface area contributed by atoms with Crippen molar-refractivity contribution in [3.63, 3.8) is 0 Å². The number of fused-ring (bicyclic) bond motifs is 1. The summed E-state index contributed by atoms with van der Waals surface area (Å²) in [5.41, 5.74) is 3.75. The number of aromatic nitrogens is 2. The first-order chi connectivity index (χ1) is 12.1. The smallest absolute Gasteiger partial charge is 0.223 e. The summed E-state index contributed by atoms with van der Waals surface area (Å²) in [5.74, 6) is 1.42. The molecule has 0 aliphatic heterocycles. The summed E-state index contributed by atoms with van der Waals surface area (Å²) in [6.07, 6.45) is 4.97. The van der Waals surface area contributed by atoms with E-state index in [1.165, 1.54) is 37.8 Å². The zero-order chi connectivity index (χ0) is 17.6. The number of nitrogens with zero attached hydrogens (tertiary/aromatic N) is 2. The number of amides is 1. The first kappa shape index (κ1) is 16.3. The van der Waals surface area contributed by atoms with Crippen molar-refractivity contribution in [1.29, 1.82) is 0 Å². The number of aryl methyl sites for hydroxylation is 1. The fourth-order valence-corrected chi connectivity index (χ4v) is 4.44. The standard InChI is InChI=1S/C20H24FN3O/c1-12-18(11-22-20(25)19-16-5-3-4-6-17(16)19)13(2)24(23-12)15-9-7-14(21)8-10-15/h7-10,16-17,19H,3-6,11H2,1-2H3,(H,22,25)/t16-,17-/m1/s1. The monoisotopic (exact) mass is 341 g/mol. The molecule has 1 N–H and O–H groups in total. The quantitative estimate of drug-likeness (QED) is 0.922. The summed E-state index contributed by atoms with van der Waals surface area (Å²) < 4.78 is 14.9. The Morgan fingerprint density at radius 2 is 1.84 bits per heavy atom. The van der Waals surface area contributed by atoms with E-state index in [-0.39, 0.29) is 17.6 Å². The van der Waals surface area contributed by atoms with Gasteiger partial charge in [-0.05, 0) is 62.8 Å². The van der Waals surface area contributed by atoms with Crippen molar-refractivity contribution in [3.05, 3.63) is 47.0 Å². The topological polar surface area (TPSA) is 46.9 Å². The van der Waals surface area contributed by atoms with Gasteiger partial charge in [0.1, 0.15) is 5.82 Å². The molecule has 2 saturated carbocycles. The number of nitrogens with one attached hydrogen (secondary N) is 1. The highest BCUT2D eigenvalue weighted by atomic mass is 19.1. The number of carbonyl (C=O) groups excluding carboxylic acids is 1. The molecule has 0 spiro atoms. The van der Waals surface area contributed by atoms with E-state index in [9.17, 15) is 9.18 Å². The van der Waals surface area contributed by atoms with Gasteiger partial charge in [-0.15, -0.1) is 0 Å². The largest absolute Gasteiger partial charge is 0.352 e. The SMILES string of the molecule is Cc1nn(-c2ccc(F)cc2)c(C)c1CNC(=O)C1[C@@H]2CCCC[C@@H]12. The summed E-state index contributed by atoms with van der Waals surface area (Å²) in [7, 11) is 0. The molecule has 132 valence electrons. The summed E-state index contributed by atoms with van der Waals surface area (Å²) in [5, 5.41) is 7.68. The lowest BCUT2D eigenvalue weighted by Crippen LogP contribution is -2.26. The average molecular weight is 341 g/mol. The van der Waals surface area contributed by atoms with Crippen LogP contribution in [0.25, 0.3) is 5.69 Å². The third kappa shape index (κ3) is 2.96. The van der Waals surface area contributed by atoms with E-state index in [1.54, 1.807) is 12.1 Å². The molecule has 0 bridgehead atoms. The van der Waals surface area contributed by atoms with Crippen molar-refractivity contribution in [2.24, 2.45) is 17.8 Å². The van der Waals surface area contributed by atoms with E-state index in [0.717, 1.165) is 22.6 Å². The highest BCUT2D eigenvalue weighted by Crippen LogP contribution is 2.55. The van der Waals surface area contributed by atoms with Crippen molar-refractivity contribution < 1.29 is 9.18 Å². The first-order valence-corrected chi connectivity index (χ1v) is 9.15. The number of benzene rings is 1. The molecular formula is C20H24FN3O. The average Bonchev–Trinajstić information content (AvgIpc) is 3.27. The summed E-state index contributed by atoms with van der Waals surface area (Å²) in [4.78, 5) is 12.5. The van der Waals surface area contributed by atoms with Crippen LogP contribution in [0.1, 0.15) is 42.6 Å². The number of rotatable bonds is 4. The van der Waals surface area contributed by atoms with Crippen molar-refractivity contribution in [2.75, 3.05) is 0 Å². The third-order valence-corrected chi connectivity index (χ3v) is 5.91. The van der Waals surface area contributed by atoms with Crippen LogP contribution in [-0.4, -0.2) is 15.7 Å². The highest BCUT2D eigenvalue weighted by Gasteiger charge is 2.54. The van der Waals surface area contributed by atoms with Gasteiger partial charge in [0, 0.05) is 23.7 Å². The predicted molar refractivity (Wildman–Crippen MR) is 93.8 cm³/mol. The minimum absolute atomic E-state index is 0.199. The maximum Gasteiger partial charge on any atom is 0.223 e. The Balaban J connectivity index is 1.46. The van der Waals surface area contributed by atoms with Crippen molar-refractivity contribution in [1.82, 2.24) is 15.1 Å². The molecule has 5 heteroatoms. The second-order valence-corrected chi connectivity index (χ2v) is 7.39. The first-order valence-electron chi connectivity index (χ1n) is 9.15. The Morgan fingerprint density at radius 3 is 2.48 bits per heavy atom. The van der Waals surface area contributed by atoms with Gasteiger partial charge in [-0.3, -0.25) is 4.79 Å². The molecule has 2 fully saturated rings. The Kier molecular flexibility index (Phi) is 4.10. The van der Waals surface area contributed by atoms with E-state index >= 15 is 0 Å². The van der Waals surface area contributed by atoms with Gasteiger partial charge in [0.2, 0.25) is 5.91 Å². The van der Waals surface area contributed by atoms with E-state index in [2.05, 4.69) is 10.4 Å². The van der Waals surface area contributed by atoms with Crippen LogP contribution in [0.2, 0.25) is 0 Å². The molecular weight excluding hydrogens is 317 g/mol. The lowest BCUT2D eigenvalue weighted by atomic mass is 10.0. The minimum atomic E-state index is -0.260. The molecule has 1 aromatic carbocycles. The van der Waals surface area contributed by atoms with E-state index in [0.29, 0.717) is 18.4 Å². The fourth-order valence-electron chi connectivity index (χ4n) is 4.44. The maximum atomic E-state index is 13.1. The fraction of sp³-hybridized carbons (Fsp3) is 0.500. The Hall–Kier alpha value is -2.17. The lowest BCUT2D eigenvalue weighted by Gasteiger charge is -2.07. The minimum Gasteiger partial charge on any atom is -0.352 e. The molecule has 4 nitrogen and oxygen atoms in total. The number of halogens is 1. The molecule has 25 heavy (non-hydrogen) atoms. The summed E-state index contributed by atoms with van der Waals surface area (Å²) in [6, 6.07) is 6.29. The summed E-state index contributed by atoms with van der Waals surface area (Å²) >= 11 is 0. The molecule has 0 saturated heterocycles. The molecule has 1 heterocycles. The van der Waals surface area contributed by atoms with Gasteiger partial charge in [-0.2, -0.15) is 5.10 Å². The molecule has 2 aromatic rings. The van der Waals surface area contributed by atoms with Crippen molar-refractivity contribution in [2.45, 2.75) is 46.1 Å². The van der Waals surface area contributed by atoms with Crippen LogP contribution in [0, 0.1) is 37.4 Å². The Bertz CT molecular complexity index is 784. The maximum absolute atomic E-state index is 13.1. The van der Waals surface area contributed by atoms with Gasteiger partial charge in [-0.1, -0.05) is 12.8 Å². The van der Waals surface area contributed by atoms with Crippen LogP contribution in [0.15, 0.2) is 24.3 Å². The van der Waals surface area contributed by atoms with E-state index in [1.807, 2.05) is 18.5 Å². The van der Waals surface area contributed by atoms with Crippen LogP contribution in [0.3, 0.4) is 0 Å². The molecule has 0 radical (unpaired) electrons. The van der Waals surface area contributed by atoms with Gasteiger partial charge in [0.15, 0.2) is 0 Å². The molecule has 4 rings (SSSR count). The van der Waals surface area contributed by atoms with E-state index < -0.39 is 0 Å². The second-order valence-electron chi connectivity index (χ2n) is 7.39. The summed E-state index contributed by atoms with van der Waals surface area (Å²) in [6.45, 7) is 4.45. The molecule has 2 aliphatic rings. The van der Waals surface area contributed by atoms with Crippen LogP contribution >= 0.6 is 0 Å².